The zero-order valence-electron chi connectivity index (χ0n) is 7.33. The molecule has 0 bridgehead atoms. The fourth-order valence-electron chi connectivity index (χ4n) is 1.05. The Labute approximate surface area is 85.1 Å². The molecule has 14 heavy (non-hydrogen) atoms. The number of carboxylic acid groups (broad SMARTS) is 1. The van der Waals surface area contributed by atoms with Crippen LogP contribution in [-0.4, -0.2) is 18.2 Å². The van der Waals surface area contributed by atoms with Crippen molar-refractivity contribution in [2.75, 3.05) is 7.11 Å². The summed E-state index contributed by atoms with van der Waals surface area (Å²) in [5.74, 6) is -1.83. The van der Waals surface area contributed by atoms with Crippen LogP contribution in [0.4, 0.5) is 4.39 Å². The molecule has 3 nitrogen and oxygen atoms in total. The fraction of sp³-hybridized carbons (Fsp3) is 0.222. The van der Waals surface area contributed by atoms with Gasteiger partial charge in [-0.15, -0.1) is 0 Å². The summed E-state index contributed by atoms with van der Waals surface area (Å²) in [5, 5.41) is 8.66. The predicted molar refractivity (Wildman–Crippen MR) is 48.8 cm³/mol. The van der Waals surface area contributed by atoms with Gasteiger partial charge >= 0.3 is 5.97 Å². The quantitative estimate of drug-likeness (QED) is 0.847. The van der Waals surface area contributed by atoms with E-state index < -0.39 is 17.9 Å². The molecule has 0 radical (unpaired) electrons. The van der Waals surface area contributed by atoms with Crippen LogP contribution in [0.1, 0.15) is 11.7 Å². The van der Waals surface area contributed by atoms with Crippen molar-refractivity contribution in [3.8, 4) is 0 Å². The average molecular weight is 219 g/mol. The van der Waals surface area contributed by atoms with Crippen LogP contribution in [0, 0.1) is 5.82 Å². The van der Waals surface area contributed by atoms with Gasteiger partial charge in [0.15, 0.2) is 6.10 Å². The summed E-state index contributed by atoms with van der Waals surface area (Å²) in [7, 11) is 1.24. The highest BCUT2D eigenvalue weighted by Gasteiger charge is 2.19. The highest BCUT2D eigenvalue weighted by atomic mass is 35.5. The second-order valence-electron chi connectivity index (χ2n) is 2.63. The lowest BCUT2D eigenvalue weighted by Crippen LogP contribution is -2.13. The highest BCUT2D eigenvalue weighted by Crippen LogP contribution is 2.22. The minimum Gasteiger partial charge on any atom is -0.479 e. The van der Waals surface area contributed by atoms with Crippen LogP contribution in [0.2, 0.25) is 5.02 Å². The van der Waals surface area contributed by atoms with Crippen molar-refractivity contribution in [2.45, 2.75) is 6.10 Å². The van der Waals surface area contributed by atoms with Gasteiger partial charge < -0.3 is 9.84 Å². The van der Waals surface area contributed by atoms with Crippen molar-refractivity contribution in [1.29, 1.82) is 0 Å². The van der Waals surface area contributed by atoms with Gasteiger partial charge in [0.05, 0.1) is 5.02 Å². The molecule has 0 aromatic heterocycles. The number of benzene rings is 1. The Hall–Kier alpha value is -1.13. The maximum atomic E-state index is 13.0. The van der Waals surface area contributed by atoms with Crippen LogP contribution in [0.15, 0.2) is 18.2 Å². The van der Waals surface area contributed by atoms with Crippen LogP contribution in [0.25, 0.3) is 0 Å². The monoisotopic (exact) mass is 218 g/mol. The molecular formula is C9H8ClFO3. The van der Waals surface area contributed by atoms with Crippen molar-refractivity contribution in [3.05, 3.63) is 34.6 Å². The summed E-state index contributed by atoms with van der Waals surface area (Å²) in [6, 6.07) is 3.75. The summed E-state index contributed by atoms with van der Waals surface area (Å²) < 4.78 is 17.6. The molecule has 1 atom stereocenters. The molecule has 76 valence electrons. The maximum Gasteiger partial charge on any atom is 0.337 e. The van der Waals surface area contributed by atoms with Crippen molar-refractivity contribution in [3.63, 3.8) is 0 Å². The maximum absolute atomic E-state index is 13.0. The first-order valence-electron chi connectivity index (χ1n) is 3.77. The summed E-state index contributed by atoms with van der Waals surface area (Å²) >= 11 is 5.44. The second kappa shape index (κ2) is 4.39. The normalized spacial score (nSPS) is 12.5. The van der Waals surface area contributed by atoms with Gasteiger partial charge in [-0.25, -0.2) is 9.18 Å². The molecule has 0 spiro atoms. The molecule has 1 unspecified atom stereocenters. The van der Waals surface area contributed by atoms with E-state index in [0.29, 0.717) is 0 Å². The number of rotatable bonds is 3. The van der Waals surface area contributed by atoms with E-state index in [0.717, 1.165) is 6.07 Å². The van der Waals surface area contributed by atoms with E-state index in [2.05, 4.69) is 4.74 Å². The number of hydrogen-bond donors (Lipinski definition) is 1. The van der Waals surface area contributed by atoms with Crippen LogP contribution in [0.3, 0.4) is 0 Å². The van der Waals surface area contributed by atoms with Gasteiger partial charge in [0, 0.05) is 7.11 Å². The van der Waals surface area contributed by atoms with Crippen LogP contribution >= 0.6 is 11.6 Å². The van der Waals surface area contributed by atoms with Gasteiger partial charge in [-0.1, -0.05) is 17.7 Å². The molecule has 0 aliphatic rings. The second-order valence-corrected chi connectivity index (χ2v) is 3.03. The molecule has 0 fully saturated rings. The summed E-state index contributed by atoms with van der Waals surface area (Å²) in [6.45, 7) is 0. The van der Waals surface area contributed by atoms with E-state index in [1.54, 1.807) is 0 Å². The smallest absolute Gasteiger partial charge is 0.337 e. The van der Waals surface area contributed by atoms with E-state index >= 15 is 0 Å². The predicted octanol–water partition coefficient (Wildman–Crippen LogP) is 2.25. The van der Waals surface area contributed by atoms with E-state index in [-0.39, 0.29) is 10.6 Å². The molecule has 1 aromatic rings. The number of carboxylic acids is 1. The topological polar surface area (TPSA) is 46.5 Å². The lowest BCUT2D eigenvalue weighted by Gasteiger charge is -2.10. The Bertz CT molecular complexity index is 354. The number of hydrogen-bond acceptors (Lipinski definition) is 2. The Morgan fingerprint density at radius 1 is 1.64 bits per heavy atom. The molecule has 0 aliphatic heterocycles. The Morgan fingerprint density at radius 3 is 2.71 bits per heavy atom. The third-order valence-corrected chi connectivity index (χ3v) is 2.01. The van der Waals surface area contributed by atoms with Crippen LogP contribution < -0.4 is 0 Å². The van der Waals surface area contributed by atoms with Gasteiger partial charge in [-0.2, -0.15) is 0 Å². The number of methoxy groups -OCH3 is 1. The van der Waals surface area contributed by atoms with E-state index in [1.807, 2.05) is 0 Å². The molecule has 1 N–H and O–H groups in total. The molecule has 0 aliphatic carbocycles. The van der Waals surface area contributed by atoms with Gasteiger partial charge in [-0.3, -0.25) is 0 Å². The molecule has 5 heteroatoms. The Kier molecular flexibility index (Phi) is 3.43. The molecular weight excluding hydrogens is 211 g/mol. The van der Waals surface area contributed by atoms with Crippen molar-refractivity contribution in [1.82, 2.24) is 0 Å². The first kappa shape index (κ1) is 10.9. The Morgan fingerprint density at radius 2 is 2.29 bits per heavy atom. The first-order valence-corrected chi connectivity index (χ1v) is 4.14. The SMILES string of the molecule is COC(C(=O)O)c1ccc(Cl)c(F)c1. The molecule has 1 aromatic carbocycles. The van der Waals surface area contributed by atoms with E-state index in [1.165, 1.54) is 19.2 Å². The van der Waals surface area contributed by atoms with Gasteiger partial charge in [0.25, 0.3) is 0 Å². The summed E-state index contributed by atoms with van der Waals surface area (Å²) in [4.78, 5) is 10.6. The third kappa shape index (κ3) is 2.21. The minimum absolute atomic E-state index is 0.0472. The molecule has 0 saturated heterocycles. The average Bonchev–Trinajstić information content (AvgIpc) is 2.11. The van der Waals surface area contributed by atoms with E-state index in [9.17, 15) is 9.18 Å². The number of ether oxygens (including phenoxy) is 1. The van der Waals surface area contributed by atoms with Crippen molar-refractivity contribution >= 4 is 17.6 Å². The number of carbonyl (C=O) groups is 1. The highest BCUT2D eigenvalue weighted by molar-refractivity contribution is 6.30. The molecule has 1 rings (SSSR count). The van der Waals surface area contributed by atoms with Gasteiger partial charge in [0.2, 0.25) is 0 Å². The fourth-order valence-corrected chi connectivity index (χ4v) is 1.17. The molecule has 0 heterocycles. The van der Waals surface area contributed by atoms with E-state index in [4.69, 9.17) is 16.7 Å². The zero-order chi connectivity index (χ0) is 10.7. The summed E-state index contributed by atoms with van der Waals surface area (Å²) in [5.41, 5.74) is 0.224. The lowest BCUT2D eigenvalue weighted by molar-refractivity contribution is -0.148. The minimum atomic E-state index is -1.17. The first-order chi connectivity index (χ1) is 6.56. The van der Waals surface area contributed by atoms with Gasteiger partial charge in [-0.05, 0) is 17.7 Å². The summed E-state index contributed by atoms with van der Waals surface area (Å²) in [6.07, 6.45) is -1.17. The lowest BCUT2D eigenvalue weighted by atomic mass is 10.1. The zero-order valence-corrected chi connectivity index (χ0v) is 8.08. The largest absolute Gasteiger partial charge is 0.479 e. The Balaban J connectivity index is 3.06. The van der Waals surface area contributed by atoms with Crippen molar-refractivity contribution < 1.29 is 19.0 Å². The molecule has 0 saturated carbocycles. The third-order valence-electron chi connectivity index (χ3n) is 1.71. The van der Waals surface area contributed by atoms with Gasteiger partial charge in [0.1, 0.15) is 5.82 Å². The number of aliphatic carboxylic acids is 1. The van der Waals surface area contributed by atoms with Crippen LogP contribution in [-0.2, 0) is 9.53 Å². The van der Waals surface area contributed by atoms with Crippen molar-refractivity contribution in [2.24, 2.45) is 0 Å². The molecule has 0 amide bonds. The number of halogens is 2. The standard InChI is InChI=1S/C9H8ClFO3/c1-14-8(9(12)13)5-2-3-6(10)7(11)4-5/h2-4,8H,1H3,(H,12,13). The van der Waals surface area contributed by atoms with Crippen LogP contribution in [0.5, 0.6) is 0 Å².